The molecule has 15 heavy (non-hydrogen) atoms. The highest BCUT2D eigenvalue weighted by Crippen LogP contribution is 2.37. The fraction of sp³-hybridized carbons (Fsp3) is 0.636. The first-order chi connectivity index (χ1) is 7.24. The fourth-order valence-corrected chi connectivity index (χ4v) is 3.30. The minimum absolute atomic E-state index is 0.226. The maximum atomic E-state index is 6.11. The van der Waals surface area contributed by atoms with Crippen molar-refractivity contribution < 1.29 is 4.74 Å². The van der Waals surface area contributed by atoms with E-state index in [-0.39, 0.29) is 5.41 Å². The summed E-state index contributed by atoms with van der Waals surface area (Å²) in [6.07, 6.45) is 3.15. The molecule has 2 rings (SSSR count). The highest BCUT2D eigenvalue weighted by molar-refractivity contribution is 7.14. The first-order valence-electron chi connectivity index (χ1n) is 5.11. The van der Waals surface area contributed by atoms with E-state index in [2.05, 4.69) is 11.4 Å². The van der Waals surface area contributed by atoms with Crippen molar-refractivity contribution in [3.8, 4) is 0 Å². The van der Waals surface area contributed by atoms with Crippen molar-refractivity contribution in [2.24, 2.45) is 5.41 Å². The molecule has 0 aliphatic carbocycles. The molecule has 0 saturated carbocycles. The van der Waals surface area contributed by atoms with E-state index < -0.39 is 0 Å². The molecule has 1 aliphatic rings. The molecule has 1 aromatic heterocycles. The normalized spacial score (nSPS) is 20.4. The zero-order valence-corrected chi connectivity index (χ0v) is 10.8. The van der Waals surface area contributed by atoms with Gasteiger partial charge in [0.05, 0.1) is 4.34 Å². The summed E-state index contributed by atoms with van der Waals surface area (Å²) in [4.78, 5) is 0. The average molecular weight is 265 g/mol. The molecule has 4 heteroatoms. The highest BCUT2D eigenvalue weighted by atomic mass is 35.5. The third-order valence-electron chi connectivity index (χ3n) is 3.04. The molecule has 0 atom stereocenters. The highest BCUT2D eigenvalue weighted by Gasteiger charge is 2.32. The van der Waals surface area contributed by atoms with Crippen molar-refractivity contribution in [1.29, 1.82) is 0 Å². The third-order valence-corrected chi connectivity index (χ3v) is 4.74. The topological polar surface area (TPSA) is 9.23 Å². The van der Waals surface area contributed by atoms with Gasteiger partial charge in [-0.25, -0.2) is 0 Å². The Morgan fingerprint density at radius 1 is 1.40 bits per heavy atom. The Hall–Kier alpha value is 0.240. The van der Waals surface area contributed by atoms with Gasteiger partial charge in [0.25, 0.3) is 0 Å². The van der Waals surface area contributed by atoms with E-state index in [9.17, 15) is 0 Å². The van der Waals surface area contributed by atoms with Crippen molar-refractivity contribution in [2.75, 3.05) is 19.1 Å². The summed E-state index contributed by atoms with van der Waals surface area (Å²) < 4.78 is 6.25. The third kappa shape index (κ3) is 2.88. The van der Waals surface area contributed by atoms with Crippen LogP contribution < -0.4 is 0 Å². The zero-order valence-electron chi connectivity index (χ0n) is 8.47. The molecular weight excluding hydrogens is 251 g/mol. The Labute approximate surface area is 104 Å². The van der Waals surface area contributed by atoms with Gasteiger partial charge in [-0.3, -0.25) is 0 Å². The summed E-state index contributed by atoms with van der Waals surface area (Å²) in [5.74, 6) is 0.712. The average Bonchev–Trinajstić information content (AvgIpc) is 2.65. The lowest BCUT2D eigenvalue weighted by Gasteiger charge is -2.35. The molecule has 2 heterocycles. The van der Waals surface area contributed by atoms with Gasteiger partial charge in [0, 0.05) is 19.1 Å². The number of hydrogen-bond acceptors (Lipinski definition) is 2. The van der Waals surface area contributed by atoms with Gasteiger partial charge in [-0.15, -0.1) is 22.9 Å². The SMILES string of the molecule is ClCC1(Cc2csc(Cl)c2)CCOCC1. The summed E-state index contributed by atoms with van der Waals surface area (Å²) in [6.45, 7) is 1.68. The van der Waals surface area contributed by atoms with E-state index in [0.717, 1.165) is 36.8 Å². The lowest BCUT2D eigenvalue weighted by molar-refractivity contribution is 0.0258. The van der Waals surface area contributed by atoms with Crippen LogP contribution in [-0.2, 0) is 11.2 Å². The van der Waals surface area contributed by atoms with Crippen molar-refractivity contribution in [3.63, 3.8) is 0 Å². The molecule has 1 aromatic rings. The second-order valence-electron chi connectivity index (χ2n) is 4.18. The van der Waals surface area contributed by atoms with Crippen LogP contribution >= 0.6 is 34.5 Å². The van der Waals surface area contributed by atoms with Gasteiger partial charge in [0.1, 0.15) is 0 Å². The Balaban J connectivity index is 2.06. The molecule has 0 radical (unpaired) electrons. The molecule has 1 saturated heterocycles. The standard InChI is InChI=1S/C11H14Cl2OS/c12-8-11(1-3-14-4-2-11)6-9-5-10(13)15-7-9/h5,7H,1-4,6,8H2. The van der Waals surface area contributed by atoms with Crippen molar-refractivity contribution in [3.05, 3.63) is 21.3 Å². The summed E-state index contributed by atoms with van der Waals surface area (Å²) >= 11 is 13.6. The monoisotopic (exact) mass is 264 g/mol. The summed E-state index contributed by atoms with van der Waals surface area (Å²) in [7, 11) is 0. The van der Waals surface area contributed by atoms with E-state index in [1.165, 1.54) is 5.56 Å². The second-order valence-corrected chi connectivity index (χ2v) is 5.99. The van der Waals surface area contributed by atoms with Gasteiger partial charge in [-0.2, -0.15) is 0 Å². The molecule has 0 N–H and O–H groups in total. The molecule has 1 aliphatic heterocycles. The smallest absolute Gasteiger partial charge is 0.0931 e. The molecule has 0 aromatic carbocycles. The van der Waals surface area contributed by atoms with Gasteiger partial charge in [-0.05, 0) is 41.7 Å². The van der Waals surface area contributed by atoms with Crippen LogP contribution in [0.5, 0.6) is 0 Å². The van der Waals surface area contributed by atoms with Crippen LogP contribution in [0, 0.1) is 5.41 Å². The van der Waals surface area contributed by atoms with Crippen LogP contribution in [-0.4, -0.2) is 19.1 Å². The molecule has 84 valence electrons. The zero-order chi connectivity index (χ0) is 10.7. The molecular formula is C11H14Cl2OS. The van der Waals surface area contributed by atoms with Gasteiger partial charge in [0.2, 0.25) is 0 Å². The van der Waals surface area contributed by atoms with Crippen molar-refractivity contribution >= 4 is 34.5 Å². The second kappa shape index (κ2) is 5.05. The maximum Gasteiger partial charge on any atom is 0.0931 e. The van der Waals surface area contributed by atoms with Gasteiger partial charge < -0.3 is 4.74 Å². The van der Waals surface area contributed by atoms with Crippen molar-refractivity contribution in [2.45, 2.75) is 19.3 Å². The predicted octanol–water partition coefficient (Wildman–Crippen LogP) is 3.98. The maximum absolute atomic E-state index is 6.11. The van der Waals surface area contributed by atoms with Crippen LogP contribution in [0.4, 0.5) is 0 Å². The van der Waals surface area contributed by atoms with E-state index in [4.69, 9.17) is 27.9 Å². The Bertz CT molecular complexity index is 318. The molecule has 0 amide bonds. The molecule has 1 fully saturated rings. The Kier molecular flexibility index (Phi) is 3.94. The Morgan fingerprint density at radius 2 is 2.13 bits per heavy atom. The van der Waals surface area contributed by atoms with E-state index in [1.807, 2.05) is 0 Å². The largest absolute Gasteiger partial charge is 0.381 e. The fourth-order valence-electron chi connectivity index (χ4n) is 2.03. The molecule has 0 unspecified atom stereocenters. The van der Waals surface area contributed by atoms with Crippen LogP contribution in [0.1, 0.15) is 18.4 Å². The summed E-state index contributed by atoms with van der Waals surface area (Å²) in [5, 5.41) is 2.13. The first kappa shape index (κ1) is 11.7. The van der Waals surface area contributed by atoms with Gasteiger partial charge in [-0.1, -0.05) is 11.6 Å². The van der Waals surface area contributed by atoms with Crippen molar-refractivity contribution in [1.82, 2.24) is 0 Å². The number of thiophene rings is 1. The van der Waals surface area contributed by atoms with Crippen LogP contribution in [0.2, 0.25) is 4.34 Å². The van der Waals surface area contributed by atoms with Crippen LogP contribution in [0.25, 0.3) is 0 Å². The minimum Gasteiger partial charge on any atom is -0.381 e. The number of rotatable bonds is 3. The summed E-state index contributed by atoms with van der Waals surface area (Å²) in [5.41, 5.74) is 1.54. The lowest BCUT2D eigenvalue weighted by Crippen LogP contribution is -2.33. The molecule has 1 nitrogen and oxygen atoms in total. The minimum atomic E-state index is 0.226. The van der Waals surface area contributed by atoms with E-state index >= 15 is 0 Å². The van der Waals surface area contributed by atoms with Gasteiger partial charge in [0.15, 0.2) is 0 Å². The predicted molar refractivity (Wildman–Crippen MR) is 66.2 cm³/mol. The lowest BCUT2D eigenvalue weighted by atomic mass is 9.77. The summed E-state index contributed by atoms with van der Waals surface area (Å²) in [6, 6.07) is 2.05. The number of alkyl halides is 1. The number of halogens is 2. The Morgan fingerprint density at radius 3 is 2.67 bits per heavy atom. The van der Waals surface area contributed by atoms with E-state index in [1.54, 1.807) is 11.3 Å². The number of hydrogen-bond donors (Lipinski definition) is 0. The first-order valence-corrected chi connectivity index (χ1v) is 6.90. The van der Waals surface area contributed by atoms with Gasteiger partial charge >= 0.3 is 0 Å². The quantitative estimate of drug-likeness (QED) is 0.751. The molecule has 0 spiro atoms. The van der Waals surface area contributed by atoms with E-state index in [0.29, 0.717) is 5.88 Å². The number of ether oxygens (including phenoxy) is 1. The van der Waals surface area contributed by atoms with Crippen LogP contribution in [0.15, 0.2) is 11.4 Å². The molecule has 0 bridgehead atoms. The van der Waals surface area contributed by atoms with Crippen LogP contribution in [0.3, 0.4) is 0 Å².